The average molecular weight is 337 g/mol. The maximum Gasteiger partial charge on any atom is 2.00 e. The smallest absolute Gasteiger partial charge is 1.00 e. The Labute approximate surface area is 141 Å². The van der Waals surface area contributed by atoms with E-state index in [1.165, 1.54) is 5.56 Å². The number of benzene rings is 1. The van der Waals surface area contributed by atoms with Crippen LogP contribution in [0.2, 0.25) is 0 Å². The minimum Gasteiger partial charge on any atom is -1.00 e. The summed E-state index contributed by atoms with van der Waals surface area (Å²) in [6, 6.07) is 11.5. The van der Waals surface area contributed by atoms with Crippen LogP contribution in [0.4, 0.5) is 0 Å². The van der Waals surface area contributed by atoms with E-state index in [9.17, 15) is 0 Å². The summed E-state index contributed by atoms with van der Waals surface area (Å²) in [5.41, 5.74) is 1.26. The summed E-state index contributed by atoms with van der Waals surface area (Å²) >= 11 is 0. The number of halogens is 1. The topological polar surface area (TPSA) is 21.7 Å². The van der Waals surface area contributed by atoms with Gasteiger partial charge in [-0.2, -0.15) is 30.3 Å². The van der Waals surface area contributed by atoms with Crippen molar-refractivity contribution in [1.82, 2.24) is 4.90 Å². The van der Waals surface area contributed by atoms with E-state index in [4.69, 9.17) is 9.47 Å². The molecule has 1 aromatic rings. The summed E-state index contributed by atoms with van der Waals surface area (Å²) in [6.07, 6.45) is 1.97. The van der Waals surface area contributed by atoms with E-state index in [2.05, 4.69) is 23.1 Å². The van der Waals surface area contributed by atoms with Crippen LogP contribution in [-0.2, 0) is 16.0 Å². The molecule has 0 saturated carbocycles. The van der Waals surface area contributed by atoms with Crippen molar-refractivity contribution in [3.63, 3.8) is 0 Å². The number of hydrogen-bond acceptors (Lipinski definition) is 3. The molecule has 3 rings (SSSR count). The van der Waals surface area contributed by atoms with Crippen molar-refractivity contribution in [3.8, 4) is 0 Å². The van der Waals surface area contributed by atoms with Crippen molar-refractivity contribution in [2.75, 3.05) is 26.3 Å². The third-order valence-corrected chi connectivity index (χ3v) is 3.60. The maximum atomic E-state index is 5.72. The second-order valence-electron chi connectivity index (χ2n) is 4.77. The normalized spacial score (nSPS) is 21.7. The van der Waals surface area contributed by atoms with Gasteiger partial charge in [0.05, 0.1) is 13.2 Å². The van der Waals surface area contributed by atoms with Crippen LogP contribution in [-0.4, -0.2) is 60.0 Å². The number of nitrogens with zero attached hydrogens (tertiary/aromatic N) is 1. The van der Waals surface area contributed by atoms with Gasteiger partial charge in [0.1, 0.15) is 0 Å². The van der Waals surface area contributed by atoms with Gasteiger partial charge in [-0.3, -0.25) is 0 Å². The van der Waals surface area contributed by atoms with Gasteiger partial charge in [0.25, 0.3) is 0 Å². The van der Waals surface area contributed by atoms with E-state index in [1.807, 2.05) is 12.1 Å². The maximum absolute atomic E-state index is 5.72. The second-order valence-corrected chi connectivity index (χ2v) is 4.77. The molecule has 2 heterocycles. The first-order chi connectivity index (χ1) is 8.36. The van der Waals surface area contributed by atoms with Gasteiger partial charge in [0.15, 0.2) is 5.79 Å². The molecule has 1 aromatic carbocycles. The van der Waals surface area contributed by atoms with E-state index in [0.29, 0.717) is 0 Å². The van der Waals surface area contributed by atoms with Crippen LogP contribution in [0.15, 0.2) is 24.3 Å². The van der Waals surface area contributed by atoms with Crippen molar-refractivity contribution in [2.24, 2.45) is 0 Å². The monoisotopic (exact) mass is 335 g/mol. The molecule has 0 radical (unpaired) electrons. The molecule has 100 valence electrons. The minimum atomic E-state index is -0.253. The van der Waals surface area contributed by atoms with Gasteiger partial charge in [-0.15, -0.1) is 5.56 Å². The zero-order valence-electron chi connectivity index (χ0n) is 11.1. The third-order valence-electron chi connectivity index (χ3n) is 3.60. The van der Waals surface area contributed by atoms with Crippen molar-refractivity contribution >= 4 is 23.1 Å². The van der Waals surface area contributed by atoms with Crippen molar-refractivity contribution in [1.29, 1.82) is 0 Å². The fourth-order valence-corrected chi connectivity index (χ4v) is 2.61. The van der Waals surface area contributed by atoms with Crippen LogP contribution in [0.1, 0.15) is 18.4 Å². The first-order valence-electron chi connectivity index (χ1n) is 6.32. The van der Waals surface area contributed by atoms with Crippen LogP contribution < -0.4 is 17.0 Å². The summed E-state index contributed by atoms with van der Waals surface area (Å²) in [5, 5.41) is 0. The summed E-state index contributed by atoms with van der Waals surface area (Å²) < 4.78 is 11.4. The molecule has 2 aliphatic heterocycles. The Balaban J connectivity index is 0.000000902. The average Bonchev–Trinajstić information content (AvgIpc) is 2.83. The van der Waals surface area contributed by atoms with Gasteiger partial charge in [0, 0.05) is 32.5 Å². The van der Waals surface area contributed by atoms with Gasteiger partial charge in [-0.25, -0.2) is 0 Å². The predicted octanol–water partition coefficient (Wildman–Crippen LogP) is -1.55. The Kier molecular flexibility index (Phi) is 7.28. The number of ether oxygens (including phenoxy) is 2. The quantitative estimate of drug-likeness (QED) is 0.482. The number of piperidine rings is 1. The molecule has 19 heavy (non-hydrogen) atoms. The molecule has 2 saturated heterocycles. The molecule has 1 spiro atoms. The van der Waals surface area contributed by atoms with Gasteiger partial charge < -0.3 is 31.4 Å². The summed E-state index contributed by atoms with van der Waals surface area (Å²) in [6.45, 7) is 4.58. The van der Waals surface area contributed by atoms with Gasteiger partial charge >= 0.3 is 23.1 Å². The zero-order chi connectivity index (χ0) is 11.6. The van der Waals surface area contributed by atoms with Crippen LogP contribution in [0, 0.1) is 6.07 Å². The molecular formula is C14H18BrMgNO2. The zero-order valence-corrected chi connectivity index (χ0v) is 14.1. The second kappa shape index (κ2) is 7.95. The molecule has 5 heteroatoms. The molecule has 0 aliphatic carbocycles. The molecule has 0 atom stereocenters. The molecule has 0 N–H and O–H groups in total. The van der Waals surface area contributed by atoms with Crippen molar-refractivity contribution in [3.05, 3.63) is 35.9 Å². The van der Waals surface area contributed by atoms with Crippen LogP contribution in [0.5, 0.6) is 0 Å². The SMILES string of the molecule is [Br-].[Mg+2].[c-]1ccccc1CN1CCC2(CC1)OCCO2. The molecule has 0 unspecified atom stereocenters. The molecule has 0 bridgehead atoms. The van der Waals surface area contributed by atoms with Crippen molar-refractivity contribution < 1.29 is 26.5 Å². The Bertz CT molecular complexity index is 361. The minimum absolute atomic E-state index is 0. The summed E-state index contributed by atoms with van der Waals surface area (Å²) in [7, 11) is 0. The fourth-order valence-electron chi connectivity index (χ4n) is 2.61. The molecule has 3 nitrogen and oxygen atoms in total. The first-order valence-corrected chi connectivity index (χ1v) is 6.32. The summed E-state index contributed by atoms with van der Waals surface area (Å²) in [5.74, 6) is -0.253. The van der Waals surface area contributed by atoms with Crippen LogP contribution in [0.3, 0.4) is 0 Å². The van der Waals surface area contributed by atoms with Crippen LogP contribution >= 0.6 is 0 Å². The predicted molar refractivity (Wildman–Crippen MR) is 70.2 cm³/mol. The Hall–Kier alpha value is 0.346. The van der Waals surface area contributed by atoms with E-state index in [1.54, 1.807) is 0 Å². The Morgan fingerprint density at radius 3 is 2.42 bits per heavy atom. The number of hydrogen-bond donors (Lipinski definition) is 0. The third kappa shape index (κ3) is 4.41. The number of likely N-dealkylation sites (tertiary alicyclic amines) is 1. The van der Waals surface area contributed by atoms with Crippen molar-refractivity contribution in [2.45, 2.75) is 25.2 Å². The van der Waals surface area contributed by atoms with Gasteiger partial charge in [0.2, 0.25) is 0 Å². The summed E-state index contributed by atoms with van der Waals surface area (Å²) in [4.78, 5) is 2.45. The van der Waals surface area contributed by atoms with E-state index in [-0.39, 0.29) is 45.8 Å². The largest absolute Gasteiger partial charge is 2.00 e. The molecule has 2 aliphatic rings. The van der Waals surface area contributed by atoms with E-state index < -0.39 is 0 Å². The Morgan fingerprint density at radius 1 is 1.16 bits per heavy atom. The molecule has 2 fully saturated rings. The van der Waals surface area contributed by atoms with Gasteiger partial charge in [-0.1, -0.05) is 0 Å². The van der Waals surface area contributed by atoms with E-state index in [0.717, 1.165) is 45.7 Å². The van der Waals surface area contributed by atoms with E-state index >= 15 is 0 Å². The standard InChI is InChI=1S/C14H18NO2.BrH.Mg/c1-2-4-13(5-3-1)12-15-8-6-14(7-9-15)16-10-11-17-14;;/h1-4H,6-12H2;1H;/q-1;;+2/p-1. The Morgan fingerprint density at radius 2 is 1.84 bits per heavy atom. The fraction of sp³-hybridized carbons (Fsp3) is 0.571. The molecule has 0 aromatic heterocycles. The van der Waals surface area contributed by atoms with Crippen LogP contribution in [0.25, 0.3) is 0 Å². The first kappa shape index (κ1) is 17.4. The molecular weight excluding hydrogens is 318 g/mol. The number of rotatable bonds is 2. The molecule has 0 amide bonds. The van der Waals surface area contributed by atoms with Gasteiger partial charge in [-0.05, 0) is 0 Å².